The van der Waals surface area contributed by atoms with Gasteiger partial charge in [-0.15, -0.1) is 0 Å². The molecule has 0 bridgehead atoms. The Morgan fingerprint density at radius 2 is 1.82 bits per heavy atom. The van der Waals surface area contributed by atoms with Crippen molar-refractivity contribution in [3.8, 4) is 17.2 Å². The fourth-order valence-corrected chi connectivity index (χ4v) is 5.31. The van der Waals surface area contributed by atoms with Crippen LogP contribution in [0.2, 0.25) is 0 Å². The number of carbonyl (C=O) groups is 1. The first-order valence-electron chi connectivity index (χ1n) is 11.9. The van der Waals surface area contributed by atoms with Gasteiger partial charge in [-0.2, -0.15) is 15.1 Å². The molecule has 8 nitrogen and oxygen atoms in total. The van der Waals surface area contributed by atoms with Crippen LogP contribution >= 0.6 is 34.4 Å². The topological polar surface area (TPSA) is 96.6 Å². The predicted octanol–water partition coefficient (Wildman–Crippen LogP) is 6.11. The Bertz CT molecular complexity index is 1510. The molecule has 1 N–H and O–H groups in total. The summed E-state index contributed by atoms with van der Waals surface area (Å²) >= 11 is 3.34. The van der Waals surface area contributed by atoms with Crippen molar-refractivity contribution in [1.29, 1.82) is 5.41 Å². The van der Waals surface area contributed by atoms with Crippen molar-refractivity contribution in [2.45, 2.75) is 13.5 Å². The molecule has 0 aromatic heterocycles. The first-order valence-corrected chi connectivity index (χ1v) is 13.8. The molecule has 2 heterocycles. The molecule has 5 rings (SSSR count). The number of hydrazone groups is 1. The highest BCUT2D eigenvalue weighted by Crippen LogP contribution is 2.36. The van der Waals surface area contributed by atoms with Crippen LogP contribution < -0.4 is 14.2 Å². The van der Waals surface area contributed by atoms with Gasteiger partial charge in [0, 0.05) is 0 Å². The number of benzene rings is 3. The lowest BCUT2D eigenvalue weighted by Crippen LogP contribution is -2.35. The number of amides is 1. The summed E-state index contributed by atoms with van der Waals surface area (Å²) in [6, 6.07) is 19.0. The van der Waals surface area contributed by atoms with Crippen LogP contribution in [0.3, 0.4) is 0 Å². The Kier molecular flexibility index (Phi) is 8.27. The number of nitrogens with zero attached hydrogens (tertiary/aromatic N) is 3. The van der Waals surface area contributed by atoms with Gasteiger partial charge in [0.2, 0.25) is 5.17 Å². The summed E-state index contributed by atoms with van der Waals surface area (Å²) in [6.07, 6.45) is 1.60. The van der Waals surface area contributed by atoms with Crippen molar-refractivity contribution in [3.05, 3.63) is 92.8 Å². The summed E-state index contributed by atoms with van der Waals surface area (Å²) in [4.78, 5) is 17.0. The maximum atomic E-state index is 13.2. The van der Waals surface area contributed by atoms with Crippen LogP contribution in [0.25, 0.3) is 6.08 Å². The molecule has 0 aliphatic carbocycles. The van der Waals surface area contributed by atoms with Crippen molar-refractivity contribution in [2.75, 3.05) is 13.2 Å². The molecule has 39 heavy (non-hydrogen) atoms. The molecule has 0 spiro atoms. The van der Waals surface area contributed by atoms with Crippen molar-refractivity contribution in [1.82, 2.24) is 5.01 Å². The Hall–Kier alpha value is -3.71. The van der Waals surface area contributed by atoms with Crippen LogP contribution in [0.1, 0.15) is 18.1 Å². The van der Waals surface area contributed by atoms with E-state index in [9.17, 15) is 9.18 Å². The van der Waals surface area contributed by atoms with E-state index < -0.39 is 5.91 Å². The van der Waals surface area contributed by atoms with E-state index in [4.69, 9.17) is 19.6 Å². The highest BCUT2D eigenvalue weighted by atomic mass is 127. The fraction of sp³-hybridized carbons (Fsp3) is 0.143. The van der Waals surface area contributed by atoms with E-state index in [1.807, 2.05) is 43.3 Å². The molecular formula is C28H22FIN4O4S. The third kappa shape index (κ3) is 6.31. The third-order valence-corrected chi connectivity index (χ3v) is 7.22. The lowest BCUT2D eigenvalue weighted by atomic mass is 10.1. The predicted molar refractivity (Wildman–Crippen MR) is 158 cm³/mol. The number of rotatable bonds is 9. The number of hydrogen-bond acceptors (Lipinski definition) is 7. The maximum Gasteiger partial charge on any atom is 0.283 e. The number of amidine groups is 2. The monoisotopic (exact) mass is 656 g/mol. The highest BCUT2D eigenvalue weighted by molar-refractivity contribution is 14.1. The van der Waals surface area contributed by atoms with E-state index in [1.165, 1.54) is 28.9 Å². The van der Waals surface area contributed by atoms with Crippen molar-refractivity contribution in [2.24, 2.45) is 10.1 Å². The molecule has 0 atom stereocenters. The minimum Gasteiger partial charge on any atom is -0.490 e. The third-order valence-electron chi connectivity index (χ3n) is 5.54. The molecule has 0 saturated carbocycles. The number of thioether (sulfide) groups is 1. The van der Waals surface area contributed by atoms with Gasteiger partial charge in [0.05, 0.1) is 15.8 Å². The molecule has 0 radical (unpaired) electrons. The summed E-state index contributed by atoms with van der Waals surface area (Å²) in [6.45, 7) is 2.69. The van der Waals surface area contributed by atoms with Gasteiger partial charge in [-0.05, 0) is 94.9 Å². The Morgan fingerprint density at radius 1 is 1.05 bits per heavy atom. The van der Waals surface area contributed by atoms with Crippen LogP contribution in [-0.2, 0) is 11.4 Å². The van der Waals surface area contributed by atoms with Gasteiger partial charge in [-0.3, -0.25) is 10.2 Å². The van der Waals surface area contributed by atoms with E-state index in [2.05, 4.69) is 32.7 Å². The Balaban J connectivity index is 1.35. The lowest BCUT2D eigenvalue weighted by molar-refractivity contribution is -0.114. The van der Waals surface area contributed by atoms with Crippen molar-refractivity contribution < 1.29 is 23.4 Å². The maximum absolute atomic E-state index is 13.2. The average molecular weight is 656 g/mol. The second kappa shape index (κ2) is 12.0. The molecule has 1 amide bonds. The van der Waals surface area contributed by atoms with Crippen LogP contribution in [0.4, 0.5) is 4.39 Å². The molecule has 3 aromatic rings. The first kappa shape index (κ1) is 26.9. The minimum absolute atomic E-state index is 0.0724. The lowest BCUT2D eigenvalue weighted by Gasteiger charge is -2.20. The largest absolute Gasteiger partial charge is 0.490 e. The second-order valence-electron chi connectivity index (χ2n) is 8.29. The molecule has 3 aromatic carbocycles. The van der Waals surface area contributed by atoms with Gasteiger partial charge >= 0.3 is 0 Å². The van der Waals surface area contributed by atoms with E-state index in [0.717, 1.165) is 9.13 Å². The number of nitrogens with one attached hydrogen (secondary N) is 1. The van der Waals surface area contributed by atoms with Crippen LogP contribution in [0.5, 0.6) is 17.2 Å². The number of carbonyl (C=O) groups excluding carboxylic acids is 1. The molecule has 198 valence electrons. The van der Waals surface area contributed by atoms with Gasteiger partial charge in [-0.25, -0.2) is 4.39 Å². The summed E-state index contributed by atoms with van der Waals surface area (Å²) in [5.74, 6) is 0.824. The number of halogens is 2. The standard InChI is InChI=1S/C28H22FIN4O4S/c1-2-36-23-14-18(13-22(30)25(23)38-15-17-8-10-19(29)11-9-17)12-21-26(31)34-28(32-27(21)35)39-24(33-34)16-37-20-6-4-3-5-7-20/h3-14,31H,2,15-16H2,1H3/b21-12-,31-26?. The fourth-order valence-electron chi connectivity index (χ4n) is 3.73. The number of ether oxygens (including phenoxy) is 3. The molecule has 0 fully saturated rings. The Labute approximate surface area is 242 Å². The molecular weight excluding hydrogens is 634 g/mol. The Morgan fingerprint density at radius 3 is 2.56 bits per heavy atom. The second-order valence-corrected chi connectivity index (χ2v) is 10.5. The summed E-state index contributed by atoms with van der Waals surface area (Å²) < 4.78 is 31.6. The molecule has 2 aliphatic rings. The molecule has 2 aliphatic heterocycles. The van der Waals surface area contributed by atoms with E-state index in [0.29, 0.717) is 39.6 Å². The van der Waals surface area contributed by atoms with Gasteiger partial charge in [0.1, 0.15) is 29.8 Å². The van der Waals surface area contributed by atoms with Crippen LogP contribution in [-0.4, -0.2) is 40.2 Å². The summed E-state index contributed by atoms with van der Waals surface area (Å²) in [5.41, 5.74) is 1.56. The van der Waals surface area contributed by atoms with Crippen LogP contribution in [0, 0.1) is 14.8 Å². The molecule has 0 saturated heterocycles. The zero-order valence-corrected chi connectivity index (χ0v) is 23.7. The number of para-hydroxylation sites is 1. The van der Waals surface area contributed by atoms with Gasteiger partial charge < -0.3 is 14.2 Å². The zero-order chi connectivity index (χ0) is 27.4. The zero-order valence-electron chi connectivity index (χ0n) is 20.7. The average Bonchev–Trinajstić information content (AvgIpc) is 3.34. The van der Waals surface area contributed by atoms with Gasteiger partial charge in [0.25, 0.3) is 5.91 Å². The molecule has 11 heteroatoms. The first-order chi connectivity index (χ1) is 18.9. The minimum atomic E-state index is -0.524. The highest BCUT2D eigenvalue weighted by Gasteiger charge is 2.35. The van der Waals surface area contributed by atoms with Gasteiger partial charge in [0.15, 0.2) is 17.3 Å². The van der Waals surface area contributed by atoms with Crippen molar-refractivity contribution in [3.63, 3.8) is 0 Å². The number of fused-ring (bicyclic) bond motifs is 1. The normalized spacial score (nSPS) is 15.7. The smallest absolute Gasteiger partial charge is 0.283 e. The summed E-state index contributed by atoms with van der Waals surface area (Å²) in [7, 11) is 0. The number of hydrogen-bond donors (Lipinski definition) is 1. The van der Waals surface area contributed by atoms with Gasteiger partial charge in [-0.1, -0.05) is 30.3 Å². The van der Waals surface area contributed by atoms with E-state index >= 15 is 0 Å². The number of aliphatic imine (C=N–C) groups is 1. The SMILES string of the molecule is CCOc1cc(/C=C2/C(=N)N3N=C(COc4ccccc4)SC3=NC2=O)cc(I)c1OCc1ccc(F)cc1. The van der Waals surface area contributed by atoms with Crippen molar-refractivity contribution >= 4 is 62.4 Å². The van der Waals surface area contributed by atoms with Crippen LogP contribution in [0.15, 0.2) is 82.4 Å². The quantitative estimate of drug-likeness (QED) is 0.221. The molecule has 0 unspecified atom stereocenters. The van der Waals surface area contributed by atoms with E-state index in [-0.39, 0.29) is 30.4 Å². The summed E-state index contributed by atoms with van der Waals surface area (Å²) in [5, 5.41) is 15.4. The van der Waals surface area contributed by atoms with E-state index in [1.54, 1.807) is 24.3 Å².